The lowest BCUT2D eigenvalue weighted by molar-refractivity contribution is -0.115. The zero-order chi connectivity index (χ0) is 20.1. The molecule has 2 aliphatic rings. The highest BCUT2D eigenvalue weighted by molar-refractivity contribution is 6.43. The summed E-state index contributed by atoms with van der Waals surface area (Å²) in [5.74, 6) is -0.554. The summed E-state index contributed by atoms with van der Waals surface area (Å²) >= 11 is 0. The summed E-state index contributed by atoms with van der Waals surface area (Å²) in [7, 11) is 0. The number of piperidine rings is 1. The van der Waals surface area contributed by atoms with Crippen LogP contribution in [-0.2, 0) is 16.1 Å². The van der Waals surface area contributed by atoms with Crippen molar-refractivity contribution in [1.29, 1.82) is 0 Å². The lowest BCUT2D eigenvalue weighted by Gasteiger charge is -2.33. The van der Waals surface area contributed by atoms with Crippen molar-refractivity contribution in [2.24, 2.45) is 4.99 Å². The zero-order valence-electron chi connectivity index (χ0n) is 15.8. The van der Waals surface area contributed by atoms with Gasteiger partial charge in [-0.2, -0.15) is 0 Å². The van der Waals surface area contributed by atoms with E-state index in [0.717, 1.165) is 37.1 Å². The number of benzene rings is 1. The summed E-state index contributed by atoms with van der Waals surface area (Å²) in [6.45, 7) is 9.40. The Morgan fingerprint density at radius 3 is 2.82 bits per heavy atom. The van der Waals surface area contributed by atoms with E-state index in [-0.39, 0.29) is 30.2 Å². The first-order valence-electron chi connectivity index (χ1n) is 9.34. The maximum atomic E-state index is 12.1. The molecule has 2 heterocycles. The van der Waals surface area contributed by atoms with Crippen molar-refractivity contribution in [3.8, 4) is 0 Å². The highest BCUT2D eigenvalue weighted by atomic mass is 16.5. The lowest BCUT2D eigenvalue weighted by atomic mass is 10.0. The van der Waals surface area contributed by atoms with Gasteiger partial charge in [0, 0.05) is 37.4 Å². The number of ether oxygens (including phenoxy) is 1. The molecule has 0 bridgehead atoms. The molecule has 0 spiro atoms. The lowest BCUT2D eigenvalue weighted by Crippen LogP contribution is -2.47. The molecule has 7 nitrogen and oxygen atoms in total. The number of cyclic esters (lactones) is 1. The highest BCUT2D eigenvalue weighted by Crippen LogP contribution is 2.25. The number of fused-ring (bicyclic) bond motifs is 1. The minimum absolute atomic E-state index is 0.0685. The molecule has 7 heteroatoms. The van der Waals surface area contributed by atoms with E-state index in [4.69, 9.17) is 4.74 Å². The Hall–Kier alpha value is -2.77. The predicted molar refractivity (Wildman–Crippen MR) is 106 cm³/mol. The molecular formula is C21H25N3O4. The van der Waals surface area contributed by atoms with E-state index >= 15 is 0 Å². The molecule has 1 saturated heterocycles. The van der Waals surface area contributed by atoms with Crippen LogP contribution in [0.3, 0.4) is 0 Å². The van der Waals surface area contributed by atoms with Crippen LogP contribution in [-0.4, -0.2) is 53.3 Å². The molecule has 0 unspecified atom stereocenters. The Bertz CT molecular complexity index is 810. The Kier molecular flexibility index (Phi) is 6.38. The third-order valence-corrected chi connectivity index (χ3v) is 5.10. The summed E-state index contributed by atoms with van der Waals surface area (Å²) in [6.07, 6.45) is 3.69. The number of hydrogen-bond acceptors (Lipinski definition) is 6. The normalized spacial score (nSPS) is 18.9. The number of β-amino-alcohol motifs (C(OH)–C–C–N with tert-alkyl or cyclic N) is 1. The number of aliphatic hydroxyl groups is 1. The van der Waals surface area contributed by atoms with Gasteiger partial charge in [-0.3, -0.25) is 9.79 Å². The number of aliphatic hydroxyl groups excluding tert-OH is 1. The molecule has 1 atom stereocenters. The van der Waals surface area contributed by atoms with Gasteiger partial charge in [-0.15, -0.1) is 0 Å². The molecule has 1 aromatic carbocycles. The third kappa shape index (κ3) is 4.55. The number of amides is 1. The minimum Gasteiger partial charge on any atom is -0.457 e. The minimum atomic E-state index is -0.640. The van der Waals surface area contributed by atoms with Crippen LogP contribution in [0.1, 0.15) is 40.4 Å². The van der Waals surface area contributed by atoms with E-state index in [0.29, 0.717) is 12.1 Å². The van der Waals surface area contributed by atoms with Gasteiger partial charge in [0.05, 0.1) is 11.7 Å². The first kappa shape index (κ1) is 20.0. The van der Waals surface area contributed by atoms with Crippen molar-refractivity contribution in [3.05, 3.63) is 60.3 Å². The molecule has 3 rings (SSSR count). The van der Waals surface area contributed by atoms with Gasteiger partial charge in [-0.05, 0) is 36.6 Å². The number of carbonyl (C=O) groups is 2. The van der Waals surface area contributed by atoms with Crippen molar-refractivity contribution in [2.45, 2.75) is 31.6 Å². The van der Waals surface area contributed by atoms with Crippen LogP contribution in [0.25, 0.3) is 0 Å². The molecule has 0 aromatic heterocycles. The topological polar surface area (TPSA) is 91.2 Å². The van der Waals surface area contributed by atoms with Crippen molar-refractivity contribution >= 4 is 17.6 Å². The summed E-state index contributed by atoms with van der Waals surface area (Å²) in [4.78, 5) is 29.7. The molecule has 0 radical (unpaired) electrons. The first-order chi connectivity index (χ1) is 13.5. The fourth-order valence-corrected chi connectivity index (χ4v) is 3.53. The zero-order valence-corrected chi connectivity index (χ0v) is 15.8. The fraction of sp³-hybridized carbons (Fsp3) is 0.381. The van der Waals surface area contributed by atoms with Gasteiger partial charge in [-0.25, -0.2) is 4.79 Å². The summed E-state index contributed by atoms with van der Waals surface area (Å²) in [5, 5.41) is 13.5. The number of aliphatic imine (C=N–C) groups is 1. The third-order valence-electron chi connectivity index (χ3n) is 5.10. The number of likely N-dealkylation sites (tertiary alicyclic amines) is 1. The number of rotatable bonds is 7. The molecule has 2 aliphatic heterocycles. The standard InChI is InChI=1S/C21H25N3O4/c1-3-18(22-4-2)20(26)23-16-7-9-24(10-8-16)12-19(25)14-5-6-17-15(11-14)13-28-21(17)27/h3-6,11,16,19,25H,1-2,7-10,12-13H2,(H,23,26)/b22-18+/t19-/m0/s1. The fourth-order valence-electron chi connectivity index (χ4n) is 3.53. The second-order valence-electron chi connectivity index (χ2n) is 6.96. The van der Waals surface area contributed by atoms with Crippen LogP contribution < -0.4 is 5.32 Å². The molecule has 1 aromatic rings. The quantitative estimate of drug-likeness (QED) is 0.553. The van der Waals surface area contributed by atoms with Crippen LogP contribution in [0.2, 0.25) is 0 Å². The van der Waals surface area contributed by atoms with Crippen molar-refractivity contribution < 1.29 is 19.4 Å². The summed E-state index contributed by atoms with van der Waals surface area (Å²) < 4.78 is 5.01. The van der Waals surface area contributed by atoms with E-state index in [1.165, 1.54) is 12.3 Å². The largest absolute Gasteiger partial charge is 0.457 e. The van der Waals surface area contributed by atoms with Gasteiger partial charge >= 0.3 is 5.97 Å². The van der Waals surface area contributed by atoms with Crippen LogP contribution >= 0.6 is 0 Å². The van der Waals surface area contributed by atoms with Gasteiger partial charge in [0.15, 0.2) is 0 Å². The van der Waals surface area contributed by atoms with Gasteiger partial charge in [0.25, 0.3) is 5.91 Å². The van der Waals surface area contributed by atoms with Crippen LogP contribution in [0.5, 0.6) is 0 Å². The second kappa shape index (κ2) is 8.95. The van der Waals surface area contributed by atoms with E-state index in [9.17, 15) is 14.7 Å². The van der Waals surface area contributed by atoms with Crippen molar-refractivity contribution in [3.63, 3.8) is 0 Å². The Morgan fingerprint density at radius 2 is 2.14 bits per heavy atom. The van der Waals surface area contributed by atoms with Gasteiger partial charge in [-0.1, -0.05) is 19.2 Å². The van der Waals surface area contributed by atoms with Gasteiger partial charge < -0.3 is 20.1 Å². The SMILES string of the molecule is C=C/N=C(\C=C)C(=O)NC1CCN(C[C@H](O)c2ccc3c(c2)COC3=O)CC1. The maximum absolute atomic E-state index is 12.1. The monoisotopic (exact) mass is 383 g/mol. The van der Waals surface area contributed by atoms with Crippen LogP contribution in [0.15, 0.2) is 48.6 Å². The average molecular weight is 383 g/mol. The molecule has 148 valence electrons. The van der Waals surface area contributed by atoms with E-state index < -0.39 is 6.10 Å². The smallest absolute Gasteiger partial charge is 0.338 e. The molecule has 28 heavy (non-hydrogen) atoms. The van der Waals surface area contributed by atoms with Gasteiger partial charge in [0.2, 0.25) is 0 Å². The van der Waals surface area contributed by atoms with E-state index in [2.05, 4.69) is 28.4 Å². The number of carbonyl (C=O) groups excluding carboxylic acids is 2. The Balaban J connectivity index is 1.50. The number of nitrogens with one attached hydrogen (secondary N) is 1. The van der Waals surface area contributed by atoms with Crippen LogP contribution in [0.4, 0.5) is 0 Å². The number of esters is 1. The maximum Gasteiger partial charge on any atom is 0.338 e. The Labute approximate surface area is 164 Å². The molecule has 2 N–H and O–H groups in total. The number of nitrogens with zero attached hydrogens (tertiary/aromatic N) is 2. The first-order valence-corrected chi connectivity index (χ1v) is 9.34. The molecule has 0 aliphatic carbocycles. The predicted octanol–water partition coefficient (Wildman–Crippen LogP) is 1.74. The van der Waals surface area contributed by atoms with E-state index in [1.54, 1.807) is 12.1 Å². The van der Waals surface area contributed by atoms with Crippen molar-refractivity contribution in [2.75, 3.05) is 19.6 Å². The second-order valence-corrected chi connectivity index (χ2v) is 6.96. The van der Waals surface area contributed by atoms with Crippen LogP contribution in [0, 0.1) is 0 Å². The van der Waals surface area contributed by atoms with Crippen molar-refractivity contribution in [1.82, 2.24) is 10.2 Å². The highest BCUT2D eigenvalue weighted by Gasteiger charge is 2.25. The molecule has 1 amide bonds. The van der Waals surface area contributed by atoms with Gasteiger partial charge in [0.1, 0.15) is 12.3 Å². The average Bonchev–Trinajstić information content (AvgIpc) is 3.07. The Morgan fingerprint density at radius 1 is 1.39 bits per heavy atom. The van der Waals surface area contributed by atoms with E-state index in [1.807, 2.05) is 6.07 Å². The molecule has 0 saturated carbocycles. The number of hydrogen-bond donors (Lipinski definition) is 2. The molecular weight excluding hydrogens is 358 g/mol. The molecule has 1 fully saturated rings. The summed E-state index contributed by atoms with van der Waals surface area (Å²) in [5.41, 5.74) is 2.43. The summed E-state index contributed by atoms with van der Waals surface area (Å²) in [6, 6.07) is 5.40.